The van der Waals surface area contributed by atoms with Crippen LogP contribution in [0.25, 0.3) is 22.3 Å². The fourth-order valence-corrected chi connectivity index (χ4v) is 6.44. The number of benzene rings is 3. The van der Waals surface area contributed by atoms with Crippen molar-refractivity contribution in [3.63, 3.8) is 0 Å². The number of hydrogen-bond acceptors (Lipinski definition) is 0. The molecule has 3 aromatic carbocycles. The molecule has 1 aliphatic carbocycles. The van der Waals surface area contributed by atoms with E-state index >= 15 is 4.39 Å². The van der Waals surface area contributed by atoms with Crippen molar-refractivity contribution in [2.24, 2.45) is 5.92 Å². The van der Waals surface area contributed by atoms with E-state index in [9.17, 15) is 8.78 Å². The van der Waals surface area contributed by atoms with E-state index in [0.717, 1.165) is 48.3 Å². The van der Waals surface area contributed by atoms with E-state index in [1.165, 1.54) is 57.8 Å². The lowest BCUT2D eigenvalue weighted by Gasteiger charge is -2.29. The normalized spacial score (nSPS) is 17.4. The maximum atomic E-state index is 15.3. The molecule has 0 nitrogen and oxygen atoms in total. The number of hydrogen-bond donors (Lipinski definition) is 0. The van der Waals surface area contributed by atoms with Crippen molar-refractivity contribution in [2.45, 2.75) is 110 Å². The van der Waals surface area contributed by atoms with Crippen LogP contribution in [0, 0.1) is 23.4 Å². The van der Waals surface area contributed by atoms with Crippen LogP contribution in [0.15, 0.2) is 66.7 Å². The summed E-state index contributed by atoms with van der Waals surface area (Å²) in [5, 5.41) is 0. The summed E-state index contributed by atoms with van der Waals surface area (Å²) in [6, 6.07) is 16.2. The Kier molecular flexibility index (Phi) is 12.1. The van der Waals surface area contributed by atoms with E-state index in [-0.39, 0.29) is 11.4 Å². The van der Waals surface area contributed by atoms with Gasteiger partial charge in [0.1, 0.15) is 5.82 Å². The molecule has 0 aliphatic heterocycles. The molecule has 220 valence electrons. The molecule has 41 heavy (non-hydrogen) atoms. The molecule has 1 fully saturated rings. The highest BCUT2D eigenvalue weighted by molar-refractivity contribution is 5.71. The largest absolute Gasteiger partial charge is 0.207 e. The predicted molar refractivity (Wildman–Crippen MR) is 168 cm³/mol. The lowest BCUT2D eigenvalue weighted by Crippen LogP contribution is -2.14. The monoisotopic (exact) mass is 560 g/mol. The van der Waals surface area contributed by atoms with Crippen molar-refractivity contribution in [3.8, 4) is 22.3 Å². The minimum Gasteiger partial charge on any atom is -0.207 e. The van der Waals surface area contributed by atoms with Crippen LogP contribution >= 0.6 is 0 Å². The predicted octanol–water partition coefficient (Wildman–Crippen LogP) is 12.4. The SMILES string of the molecule is CC=CCCCc1ccc(-c2ccc(-c3ccc(C4CCC(CCCCCCCC)CC4)c(F)c3)cc2)c(F)c1F. The Balaban J connectivity index is 1.34. The second-order valence-corrected chi connectivity index (χ2v) is 11.9. The van der Waals surface area contributed by atoms with Gasteiger partial charge in [-0.25, -0.2) is 13.2 Å². The van der Waals surface area contributed by atoms with E-state index in [1.807, 2.05) is 43.3 Å². The molecule has 0 radical (unpaired) electrons. The molecule has 3 aromatic rings. The third kappa shape index (κ3) is 8.60. The Morgan fingerprint density at radius 1 is 0.707 bits per heavy atom. The summed E-state index contributed by atoms with van der Waals surface area (Å²) < 4.78 is 44.9. The van der Waals surface area contributed by atoms with Gasteiger partial charge in [-0.15, -0.1) is 0 Å². The summed E-state index contributed by atoms with van der Waals surface area (Å²) in [5.74, 6) is -0.601. The second kappa shape index (κ2) is 16.0. The van der Waals surface area contributed by atoms with E-state index in [0.29, 0.717) is 23.5 Å². The zero-order chi connectivity index (χ0) is 29.0. The van der Waals surface area contributed by atoms with Gasteiger partial charge in [-0.2, -0.15) is 0 Å². The molecule has 0 saturated heterocycles. The number of aryl methyl sites for hydroxylation is 1. The van der Waals surface area contributed by atoms with Gasteiger partial charge < -0.3 is 0 Å². The van der Waals surface area contributed by atoms with E-state index < -0.39 is 11.6 Å². The highest BCUT2D eigenvalue weighted by Gasteiger charge is 2.24. The van der Waals surface area contributed by atoms with Crippen molar-refractivity contribution < 1.29 is 13.2 Å². The average molecular weight is 561 g/mol. The first-order chi connectivity index (χ1) is 20.0. The molecule has 0 N–H and O–H groups in total. The third-order valence-corrected chi connectivity index (χ3v) is 9.00. The van der Waals surface area contributed by atoms with Gasteiger partial charge in [0.15, 0.2) is 11.6 Å². The van der Waals surface area contributed by atoms with Crippen molar-refractivity contribution in [2.75, 3.05) is 0 Å². The van der Waals surface area contributed by atoms with Gasteiger partial charge in [0.25, 0.3) is 0 Å². The Morgan fingerprint density at radius 3 is 2.10 bits per heavy atom. The molecule has 0 unspecified atom stereocenters. The lowest BCUT2D eigenvalue weighted by molar-refractivity contribution is 0.298. The van der Waals surface area contributed by atoms with Gasteiger partial charge in [-0.05, 0) is 97.6 Å². The van der Waals surface area contributed by atoms with Crippen LogP contribution in [0.1, 0.15) is 114 Å². The van der Waals surface area contributed by atoms with Gasteiger partial charge in [0, 0.05) is 5.56 Å². The highest BCUT2D eigenvalue weighted by atomic mass is 19.2. The third-order valence-electron chi connectivity index (χ3n) is 9.00. The number of allylic oxidation sites excluding steroid dienone is 2. The molecule has 0 amide bonds. The molecular formula is C38H47F3. The van der Waals surface area contributed by atoms with Crippen LogP contribution in [-0.2, 0) is 6.42 Å². The molecule has 4 rings (SSSR count). The van der Waals surface area contributed by atoms with Crippen molar-refractivity contribution in [1.82, 2.24) is 0 Å². The number of rotatable bonds is 14. The Labute approximate surface area is 246 Å². The van der Waals surface area contributed by atoms with Gasteiger partial charge in [0.05, 0.1) is 0 Å². The topological polar surface area (TPSA) is 0 Å². The first kappa shape index (κ1) is 31.1. The molecule has 1 saturated carbocycles. The fourth-order valence-electron chi connectivity index (χ4n) is 6.44. The van der Waals surface area contributed by atoms with Crippen LogP contribution in [0.3, 0.4) is 0 Å². The zero-order valence-corrected chi connectivity index (χ0v) is 25.0. The first-order valence-corrected chi connectivity index (χ1v) is 16.0. The van der Waals surface area contributed by atoms with Gasteiger partial charge in [-0.1, -0.05) is 113 Å². The average Bonchev–Trinajstić information content (AvgIpc) is 3.00. The smallest absolute Gasteiger partial charge is 0.166 e. The second-order valence-electron chi connectivity index (χ2n) is 11.9. The molecule has 0 heterocycles. The maximum absolute atomic E-state index is 15.3. The Morgan fingerprint density at radius 2 is 1.39 bits per heavy atom. The van der Waals surface area contributed by atoms with E-state index in [4.69, 9.17) is 0 Å². The molecular weight excluding hydrogens is 513 g/mol. The molecule has 1 aliphatic rings. The number of halogens is 3. The van der Waals surface area contributed by atoms with Crippen molar-refractivity contribution >= 4 is 0 Å². The Hall–Kier alpha value is -2.81. The van der Waals surface area contributed by atoms with Gasteiger partial charge >= 0.3 is 0 Å². The summed E-state index contributed by atoms with van der Waals surface area (Å²) in [6.45, 7) is 4.21. The molecule has 0 spiro atoms. The van der Waals surface area contributed by atoms with Crippen LogP contribution in [0.2, 0.25) is 0 Å². The summed E-state index contributed by atoms with van der Waals surface area (Å²) in [7, 11) is 0. The quantitative estimate of drug-likeness (QED) is 0.136. The van der Waals surface area contributed by atoms with E-state index in [1.54, 1.807) is 30.3 Å². The summed E-state index contributed by atoms with van der Waals surface area (Å²) in [5.41, 5.74) is 3.78. The summed E-state index contributed by atoms with van der Waals surface area (Å²) >= 11 is 0. The lowest BCUT2D eigenvalue weighted by atomic mass is 9.76. The first-order valence-electron chi connectivity index (χ1n) is 16.0. The van der Waals surface area contributed by atoms with E-state index in [2.05, 4.69) is 6.92 Å². The van der Waals surface area contributed by atoms with Crippen LogP contribution < -0.4 is 0 Å². The van der Waals surface area contributed by atoms with Crippen LogP contribution in [0.4, 0.5) is 13.2 Å². The number of unbranched alkanes of at least 4 members (excludes halogenated alkanes) is 6. The summed E-state index contributed by atoms with van der Waals surface area (Å²) in [6.07, 6.45) is 20.1. The van der Waals surface area contributed by atoms with Crippen LogP contribution in [-0.4, -0.2) is 0 Å². The molecule has 0 aromatic heterocycles. The molecule has 3 heteroatoms. The van der Waals surface area contributed by atoms with Gasteiger partial charge in [0.2, 0.25) is 0 Å². The summed E-state index contributed by atoms with van der Waals surface area (Å²) in [4.78, 5) is 0. The fraction of sp³-hybridized carbons (Fsp3) is 0.474. The van der Waals surface area contributed by atoms with Crippen molar-refractivity contribution in [1.29, 1.82) is 0 Å². The maximum Gasteiger partial charge on any atom is 0.166 e. The Bertz CT molecular complexity index is 1250. The minimum atomic E-state index is -0.807. The van der Waals surface area contributed by atoms with Gasteiger partial charge in [-0.3, -0.25) is 0 Å². The minimum absolute atomic E-state index is 0.135. The van der Waals surface area contributed by atoms with Crippen LogP contribution in [0.5, 0.6) is 0 Å². The zero-order valence-electron chi connectivity index (χ0n) is 25.0. The standard InChI is InChI=1S/C38H47F3/c1-3-5-7-9-10-11-13-28-15-17-30(18-16-28)34-25-24-33(27-36(34)39)29-19-21-31(22-20-29)35-26-23-32(37(40)38(35)41)14-12-8-6-4-2/h4,6,19-28,30H,3,5,7-18H2,1-2H3. The highest BCUT2D eigenvalue weighted by Crippen LogP contribution is 2.39. The van der Waals surface area contributed by atoms with Crippen molar-refractivity contribution in [3.05, 3.63) is 95.3 Å². The molecule has 0 bridgehead atoms. The molecule has 0 atom stereocenters.